The summed E-state index contributed by atoms with van der Waals surface area (Å²) in [4.78, 5) is 12.3. The Morgan fingerprint density at radius 3 is 2.38 bits per heavy atom. The van der Waals surface area contributed by atoms with Crippen LogP contribution < -0.4 is 5.32 Å². The molecule has 3 rings (SSSR count). The lowest BCUT2D eigenvalue weighted by atomic mass is 9.98. The maximum absolute atomic E-state index is 12.3. The quantitative estimate of drug-likeness (QED) is 0.600. The zero-order chi connectivity index (χ0) is 18.4. The fraction of sp³-hybridized carbons (Fsp3) is 0.136. The summed E-state index contributed by atoms with van der Waals surface area (Å²) >= 11 is 0. The summed E-state index contributed by atoms with van der Waals surface area (Å²) < 4.78 is 0. The summed E-state index contributed by atoms with van der Waals surface area (Å²) in [5, 5.41) is 24.4. The van der Waals surface area contributed by atoms with E-state index in [-0.39, 0.29) is 5.91 Å². The minimum atomic E-state index is -1.09. The first-order chi connectivity index (χ1) is 12.7. The Morgan fingerprint density at radius 2 is 1.65 bits per heavy atom. The minimum Gasteiger partial charge on any atom is -0.394 e. The molecule has 4 nitrogen and oxygen atoms in total. The van der Waals surface area contributed by atoms with E-state index < -0.39 is 18.8 Å². The van der Waals surface area contributed by atoms with Crippen molar-refractivity contribution in [2.45, 2.75) is 12.1 Å². The molecule has 0 heterocycles. The van der Waals surface area contributed by atoms with Crippen LogP contribution in [0.1, 0.15) is 17.2 Å². The molecule has 0 aromatic heterocycles. The number of carbonyl (C=O) groups excluding carboxylic acids is 1. The molecule has 0 saturated heterocycles. The van der Waals surface area contributed by atoms with Gasteiger partial charge < -0.3 is 15.5 Å². The van der Waals surface area contributed by atoms with Crippen LogP contribution in [0.2, 0.25) is 0 Å². The van der Waals surface area contributed by atoms with Crippen LogP contribution in [0.5, 0.6) is 0 Å². The lowest BCUT2D eigenvalue weighted by molar-refractivity contribution is -0.118. The largest absolute Gasteiger partial charge is 0.394 e. The van der Waals surface area contributed by atoms with Gasteiger partial charge in [0, 0.05) is 6.08 Å². The molecule has 4 heteroatoms. The minimum absolute atomic E-state index is 0.334. The summed E-state index contributed by atoms with van der Waals surface area (Å²) in [6.45, 7) is -0.444. The predicted molar refractivity (Wildman–Crippen MR) is 103 cm³/mol. The first-order valence-electron chi connectivity index (χ1n) is 8.48. The average molecular weight is 347 g/mol. The molecule has 0 aliphatic carbocycles. The summed E-state index contributed by atoms with van der Waals surface area (Å²) in [6.07, 6.45) is 2.04. The molecule has 132 valence electrons. The van der Waals surface area contributed by atoms with Crippen LogP contribution in [0.15, 0.2) is 78.9 Å². The molecule has 3 aromatic rings. The summed E-state index contributed by atoms with van der Waals surface area (Å²) in [7, 11) is 0. The molecule has 0 aliphatic rings. The fourth-order valence-electron chi connectivity index (χ4n) is 2.85. The van der Waals surface area contributed by atoms with Crippen molar-refractivity contribution in [3.05, 3.63) is 90.0 Å². The van der Waals surface area contributed by atoms with Crippen LogP contribution in [0.3, 0.4) is 0 Å². The van der Waals surface area contributed by atoms with Gasteiger partial charge in [-0.3, -0.25) is 4.79 Å². The maximum atomic E-state index is 12.3. The number of rotatable bonds is 6. The number of fused-ring (bicyclic) bond motifs is 1. The van der Waals surface area contributed by atoms with Gasteiger partial charge in [-0.25, -0.2) is 0 Å². The second kappa shape index (κ2) is 8.43. The molecule has 0 aliphatic heterocycles. The highest BCUT2D eigenvalue weighted by molar-refractivity contribution is 5.92. The Labute approximate surface area is 152 Å². The van der Waals surface area contributed by atoms with Gasteiger partial charge in [-0.15, -0.1) is 0 Å². The van der Waals surface area contributed by atoms with E-state index in [9.17, 15) is 15.0 Å². The number of benzene rings is 3. The summed E-state index contributed by atoms with van der Waals surface area (Å²) in [5.74, 6) is -0.334. The van der Waals surface area contributed by atoms with E-state index in [1.54, 1.807) is 6.08 Å². The monoisotopic (exact) mass is 347 g/mol. The van der Waals surface area contributed by atoms with Crippen molar-refractivity contribution in [2.75, 3.05) is 6.61 Å². The van der Waals surface area contributed by atoms with Crippen molar-refractivity contribution in [1.82, 2.24) is 5.32 Å². The molecule has 0 bridgehead atoms. The Hall–Kier alpha value is -2.95. The molecule has 26 heavy (non-hydrogen) atoms. The Balaban J connectivity index is 1.81. The van der Waals surface area contributed by atoms with Crippen molar-refractivity contribution in [1.29, 1.82) is 0 Å². The van der Waals surface area contributed by atoms with E-state index in [1.165, 1.54) is 6.08 Å². The maximum Gasteiger partial charge on any atom is 0.244 e. The first-order valence-corrected chi connectivity index (χ1v) is 8.48. The van der Waals surface area contributed by atoms with E-state index in [0.29, 0.717) is 0 Å². The van der Waals surface area contributed by atoms with Crippen molar-refractivity contribution in [3.8, 4) is 0 Å². The van der Waals surface area contributed by atoms with Gasteiger partial charge in [-0.1, -0.05) is 66.7 Å². The van der Waals surface area contributed by atoms with Crippen LogP contribution in [-0.4, -0.2) is 28.8 Å². The topological polar surface area (TPSA) is 69.6 Å². The first kappa shape index (κ1) is 17.9. The average Bonchev–Trinajstić information content (AvgIpc) is 2.70. The van der Waals surface area contributed by atoms with Gasteiger partial charge in [0.1, 0.15) is 6.10 Å². The molecule has 1 amide bonds. The van der Waals surface area contributed by atoms with Crippen molar-refractivity contribution in [2.24, 2.45) is 0 Å². The second-order valence-corrected chi connectivity index (χ2v) is 6.09. The SMILES string of the molecule is O=C(/C=C/c1ccccc1)NC(c1ccc2ccccc2c1)C(O)CO. The number of aliphatic hydroxyl groups excluding tert-OH is 2. The molecule has 2 atom stereocenters. The van der Waals surface area contributed by atoms with E-state index in [4.69, 9.17) is 0 Å². The van der Waals surface area contributed by atoms with Crippen LogP contribution in [-0.2, 0) is 4.79 Å². The summed E-state index contributed by atoms with van der Waals surface area (Å²) in [6, 6.07) is 22.4. The van der Waals surface area contributed by atoms with Crippen LogP contribution in [0.25, 0.3) is 16.8 Å². The van der Waals surface area contributed by atoms with Gasteiger partial charge in [0.15, 0.2) is 0 Å². The van der Waals surface area contributed by atoms with E-state index in [0.717, 1.165) is 21.9 Å². The third-order valence-corrected chi connectivity index (χ3v) is 4.23. The van der Waals surface area contributed by atoms with Gasteiger partial charge in [-0.05, 0) is 34.0 Å². The standard InChI is InChI=1S/C22H21NO3/c24-15-20(25)22(19-12-11-17-8-4-5-9-18(17)14-19)23-21(26)13-10-16-6-2-1-3-7-16/h1-14,20,22,24-25H,15H2,(H,23,26)/b13-10+. The predicted octanol–water partition coefficient (Wildman–Crippen LogP) is 3.06. The highest BCUT2D eigenvalue weighted by Gasteiger charge is 2.22. The van der Waals surface area contributed by atoms with Crippen LogP contribution in [0.4, 0.5) is 0 Å². The number of amides is 1. The smallest absolute Gasteiger partial charge is 0.244 e. The number of aliphatic hydroxyl groups is 2. The van der Waals surface area contributed by atoms with Crippen molar-refractivity contribution in [3.63, 3.8) is 0 Å². The van der Waals surface area contributed by atoms with Gasteiger partial charge in [0.25, 0.3) is 0 Å². The third-order valence-electron chi connectivity index (χ3n) is 4.23. The third kappa shape index (κ3) is 4.36. The van der Waals surface area contributed by atoms with Gasteiger partial charge >= 0.3 is 0 Å². The number of nitrogens with one attached hydrogen (secondary N) is 1. The molecular weight excluding hydrogens is 326 g/mol. The van der Waals surface area contributed by atoms with E-state index >= 15 is 0 Å². The van der Waals surface area contributed by atoms with Crippen molar-refractivity contribution < 1.29 is 15.0 Å². The van der Waals surface area contributed by atoms with E-state index in [2.05, 4.69) is 5.32 Å². The normalized spacial score (nSPS) is 13.6. The Kier molecular flexibility index (Phi) is 5.79. The molecule has 0 fully saturated rings. The summed E-state index contributed by atoms with van der Waals surface area (Å²) in [5.41, 5.74) is 1.65. The highest BCUT2D eigenvalue weighted by Crippen LogP contribution is 2.23. The molecule has 0 radical (unpaired) electrons. The molecule has 0 spiro atoms. The fourth-order valence-corrected chi connectivity index (χ4v) is 2.85. The lowest BCUT2D eigenvalue weighted by Crippen LogP contribution is -2.37. The van der Waals surface area contributed by atoms with Gasteiger partial charge in [0.2, 0.25) is 5.91 Å². The van der Waals surface area contributed by atoms with E-state index in [1.807, 2.05) is 72.8 Å². The zero-order valence-corrected chi connectivity index (χ0v) is 14.2. The molecule has 2 unspecified atom stereocenters. The molecule has 3 N–H and O–H groups in total. The van der Waals surface area contributed by atoms with Gasteiger partial charge in [0.05, 0.1) is 12.6 Å². The number of hydrogen-bond acceptors (Lipinski definition) is 3. The van der Waals surface area contributed by atoms with Crippen LogP contribution >= 0.6 is 0 Å². The second-order valence-electron chi connectivity index (χ2n) is 6.09. The number of carbonyl (C=O) groups is 1. The molecule has 3 aromatic carbocycles. The molecule has 0 saturated carbocycles. The van der Waals surface area contributed by atoms with Crippen molar-refractivity contribution >= 4 is 22.8 Å². The van der Waals surface area contributed by atoms with Gasteiger partial charge in [-0.2, -0.15) is 0 Å². The molecular formula is C22H21NO3. The van der Waals surface area contributed by atoms with Crippen LogP contribution in [0, 0.1) is 0 Å². The Morgan fingerprint density at radius 1 is 0.962 bits per heavy atom. The lowest BCUT2D eigenvalue weighted by Gasteiger charge is -2.23. The number of hydrogen-bond donors (Lipinski definition) is 3. The Bertz CT molecular complexity index is 905. The highest BCUT2D eigenvalue weighted by atomic mass is 16.3. The zero-order valence-electron chi connectivity index (χ0n) is 14.2.